The van der Waals surface area contributed by atoms with Crippen molar-refractivity contribution in [1.82, 2.24) is 0 Å². The minimum Gasteiger partial charge on any atom is -0.468 e. The number of aliphatic hydroxyl groups is 1. The highest BCUT2D eigenvalue weighted by Gasteiger charge is 2.10. The van der Waals surface area contributed by atoms with Crippen molar-refractivity contribution in [3.8, 4) is 0 Å². The molecule has 2 nitrogen and oxygen atoms in total. The van der Waals surface area contributed by atoms with Crippen LogP contribution in [0.3, 0.4) is 0 Å². The van der Waals surface area contributed by atoms with Crippen LogP contribution in [0.15, 0.2) is 50.8 Å². The van der Waals surface area contributed by atoms with Crippen molar-refractivity contribution in [3.05, 3.63) is 47.9 Å². The Bertz CT molecular complexity index is 474. The van der Waals surface area contributed by atoms with Crippen molar-refractivity contribution in [2.45, 2.75) is 29.7 Å². The summed E-state index contributed by atoms with van der Waals surface area (Å²) in [4.78, 5) is 2.16. The highest BCUT2D eigenvalue weighted by Crippen LogP contribution is 2.35. The third-order valence-electron chi connectivity index (χ3n) is 2.40. The zero-order chi connectivity index (χ0) is 11.5. The zero-order valence-electron chi connectivity index (χ0n) is 9.31. The first-order valence-electron chi connectivity index (χ1n) is 5.17. The Labute approximate surface area is 99.3 Å². The smallest absolute Gasteiger partial charge is 0.114 e. The summed E-state index contributed by atoms with van der Waals surface area (Å²) >= 11 is 1.62. The Morgan fingerprint density at radius 2 is 1.94 bits per heavy atom. The Morgan fingerprint density at radius 3 is 2.56 bits per heavy atom. The maximum Gasteiger partial charge on any atom is 0.114 e. The summed E-state index contributed by atoms with van der Waals surface area (Å²) in [5, 5.41) is 9.67. The molecule has 1 heterocycles. The lowest BCUT2D eigenvalue weighted by Gasteiger charge is -2.10. The van der Waals surface area contributed by atoms with Crippen LogP contribution in [0.5, 0.6) is 0 Å². The van der Waals surface area contributed by atoms with Crippen molar-refractivity contribution in [3.63, 3.8) is 0 Å². The molecule has 0 aliphatic rings. The molecule has 1 N–H and O–H groups in total. The van der Waals surface area contributed by atoms with Crippen molar-refractivity contribution < 1.29 is 9.52 Å². The Kier molecular flexibility index (Phi) is 3.36. The fraction of sp³-hybridized carbons (Fsp3) is 0.231. The number of aliphatic hydroxyl groups excluding tert-OH is 1. The van der Waals surface area contributed by atoms with Gasteiger partial charge in [-0.15, -0.1) is 0 Å². The standard InChI is InChI=1S/C13H14O2S/c1-9(14)11-5-3-4-6-13(11)16-12-7-8-15-10(12)2/h3-9,14H,1-2H3. The minimum absolute atomic E-state index is 0.448. The Morgan fingerprint density at radius 1 is 1.19 bits per heavy atom. The molecule has 0 bridgehead atoms. The van der Waals surface area contributed by atoms with Crippen LogP contribution in [0.25, 0.3) is 0 Å². The first kappa shape index (κ1) is 11.3. The number of benzene rings is 1. The predicted molar refractivity (Wildman–Crippen MR) is 64.6 cm³/mol. The summed E-state index contributed by atoms with van der Waals surface area (Å²) in [5.74, 6) is 0.908. The lowest BCUT2D eigenvalue weighted by atomic mass is 10.1. The summed E-state index contributed by atoms with van der Waals surface area (Å²) in [6, 6.07) is 9.82. The molecule has 84 valence electrons. The predicted octanol–water partition coefficient (Wildman–Crippen LogP) is 3.79. The fourth-order valence-electron chi connectivity index (χ4n) is 1.52. The van der Waals surface area contributed by atoms with Gasteiger partial charge in [0.05, 0.1) is 17.3 Å². The molecule has 0 saturated carbocycles. The number of rotatable bonds is 3. The minimum atomic E-state index is -0.448. The van der Waals surface area contributed by atoms with Gasteiger partial charge in [0.1, 0.15) is 5.76 Å². The van der Waals surface area contributed by atoms with E-state index in [2.05, 4.69) is 0 Å². The van der Waals surface area contributed by atoms with E-state index in [0.29, 0.717) is 0 Å². The fourth-order valence-corrected chi connectivity index (χ4v) is 2.57. The topological polar surface area (TPSA) is 33.4 Å². The van der Waals surface area contributed by atoms with Crippen LogP contribution >= 0.6 is 11.8 Å². The number of aryl methyl sites for hydroxylation is 1. The van der Waals surface area contributed by atoms with Crippen molar-refractivity contribution in [1.29, 1.82) is 0 Å². The first-order valence-corrected chi connectivity index (χ1v) is 5.99. The summed E-state index contributed by atoms with van der Waals surface area (Å²) < 4.78 is 5.25. The molecular weight excluding hydrogens is 220 g/mol. The Hall–Kier alpha value is -1.19. The number of hydrogen-bond acceptors (Lipinski definition) is 3. The molecule has 1 atom stereocenters. The molecule has 0 amide bonds. The summed E-state index contributed by atoms with van der Waals surface area (Å²) in [6.45, 7) is 3.72. The summed E-state index contributed by atoms with van der Waals surface area (Å²) in [7, 11) is 0. The van der Waals surface area contributed by atoms with Crippen LogP contribution in [0.4, 0.5) is 0 Å². The van der Waals surface area contributed by atoms with E-state index in [9.17, 15) is 5.11 Å². The molecule has 1 aromatic carbocycles. The van der Waals surface area contributed by atoms with Gasteiger partial charge in [0.15, 0.2) is 0 Å². The molecule has 0 radical (unpaired) electrons. The quantitative estimate of drug-likeness (QED) is 0.877. The number of hydrogen-bond donors (Lipinski definition) is 1. The molecule has 1 unspecified atom stereocenters. The zero-order valence-corrected chi connectivity index (χ0v) is 10.1. The maximum atomic E-state index is 9.67. The lowest BCUT2D eigenvalue weighted by molar-refractivity contribution is 0.196. The van der Waals surface area contributed by atoms with Gasteiger partial charge in [-0.25, -0.2) is 0 Å². The van der Waals surface area contributed by atoms with E-state index >= 15 is 0 Å². The van der Waals surface area contributed by atoms with E-state index in [1.165, 1.54) is 0 Å². The van der Waals surface area contributed by atoms with Gasteiger partial charge in [-0.1, -0.05) is 30.0 Å². The molecular formula is C13H14O2S. The van der Waals surface area contributed by atoms with Crippen LogP contribution in [-0.4, -0.2) is 5.11 Å². The van der Waals surface area contributed by atoms with E-state index < -0.39 is 6.10 Å². The normalized spacial score (nSPS) is 12.7. The van der Waals surface area contributed by atoms with E-state index in [-0.39, 0.29) is 0 Å². The highest BCUT2D eigenvalue weighted by molar-refractivity contribution is 7.99. The van der Waals surface area contributed by atoms with Crippen LogP contribution in [-0.2, 0) is 0 Å². The van der Waals surface area contributed by atoms with E-state index in [1.54, 1.807) is 24.9 Å². The van der Waals surface area contributed by atoms with Gasteiger partial charge in [0.2, 0.25) is 0 Å². The molecule has 0 aliphatic heterocycles. The molecule has 1 aromatic heterocycles. The molecule has 2 rings (SSSR count). The maximum absolute atomic E-state index is 9.67. The molecule has 2 aromatic rings. The second-order valence-electron chi connectivity index (χ2n) is 3.66. The van der Waals surface area contributed by atoms with E-state index in [1.807, 2.05) is 37.3 Å². The average molecular weight is 234 g/mol. The van der Waals surface area contributed by atoms with Gasteiger partial charge in [-0.05, 0) is 31.5 Å². The van der Waals surface area contributed by atoms with Crippen LogP contribution in [0.2, 0.25) is 0 Å². The molecule has 0 fully saturated rings. The molecule has 0 saturated heterocycles. The van der Waals surface area contributed by atoms with E-state index in [0.717, 1.165) is 21.1 Å². The molecule has 0 aliphatic carbocycles. The van der Waals surface area contributed by atoms with Crippen molar-refractivity contribution in [2.24, 2.45) is 0 Å². The van der Waals surface area contributed by atoms with Gasteiger partial charge < -0.3 is 9.52 Å². The van der Waals surface area contributed by atoms with Crippen molar-refractivity contribution >= 4 is 11.8 Å². The highest BCUT2D eigenvalue weighted by atomic mass is 32.2. The Balaban J connectivity index is 2.31. The third kappa shape index (κ3) is 2.31. The SMILES string of the molecule is Cc1occc1Sc1ccccc1C(C)O. The number of furan rings is 1. The molecule has 0 spiro atoms. The van der Waals surface area contributed by atoms with Gasteiger partial charge in [0, 0.05) is 4.90 Å². The van der Waals surface area contributed by atoms with Crippen LogP contribution in [0.1, 0.15) is 24.4 Å². The molecule has 16 heavy (non-hydrogen) atoms. The second kappa shape index (κ2) is 4.76. The monoisotopic (exact) mass is 234 g/mol. The van der Waals surface area contributed by atoms with E-state index in [4.69, 9.17) is 4.42 Å². The largest absolute Gasteiger partial charge is 0.468 e. The van der Waals surface area contributed by atoms with Crippen LogP contribution in [0, 0.1) is 6.92 Å². The lowest BCUT2D eigenvalue weighted by Crippen LogP contribution is -1.93. The molecule has 3 heteroatoms. The van der Waals surface area contributed by atoms with Gasteiger partial charge in [-0.2, -0.15) is 0 Å². The third-order valence-corrected chi connectivity index (χ3v) is 3.64. The van der Waals surface area contributed by atoms with Crippen molar-refractivity contribution in [2.75, 3.05) is 0 Å². The van der Waals surface area contributed by atoms with Gasteiger partial charge >= 0.3 is 0 Å². The van der Waals surface area contributed by atoms with Gasteiger partial charge in [-0.3, -0.25) is 0 Å². The average Bonchev–Trinajstić information content (AvgIpc) is 2.65. The van der Waals surface area contributed by atoms with Gasteiger partial charge in [0.25, 0.3) is 0 Å². The van der Waals surface area contributed by atoms with Crippen LogP contribution < -0.4 is 0 Å². The summed E-state index contributed by atoms with van der Waals surface area (Å²) in [6.07, 6.45) is 1.23. The summed E-state index contributed by atoms with van der Waals surface area (Å²) in [5.41, 5.74) is 0.952. The first-order chi connectivity index (χ1) is 7.68. The second-order valence-corrected chi connectivity index (χ2v) is 4.74.